The van der Waals surface area contributed by atoms with E-state index in [9.17, 15) is 9.59 Å². The van der Waals surface area contributed by atoms with E-state index in [4.69, 9.17) is 5.11 Å². The minimum Gasteiger partial charge on any atom is -0.481 e. The summed E-state index contributed by atoms with van der Waals surface area (Å²) in [5.74, 6) is -1.34. The van der Waals surface area contributed by atoms with Crippen molar-refractivity contribution in [3.63, 3.8) is 0 Å². The second-order valence-corrected chi connectivity index (χ2v) is 4.82. The van der Waals surface area contributed by atoms with E-state index in [1.54, 1.807) is 6.92 Å². The third-order valence-corrected chi connectivity index (χ3v) is 3.26. The van der Waals surface area contributed by atoms with Gasteiger partial charge in [0.15, 0.2) is 0 Å². The van der Waals surface area contributed by atoms with Crippen LogP contribution in [0.2, 0.25) is 0 Å². The lowest BCUT2D eigenvalue weighted by atomic mass is 10.1. The molecule has 0 aliphatic carbocycles. The van der Waals surface area contributed by atoms with Gasteiger partial charge in [-0.2, -0.15) is 0 Å². The Bertz CT molecular complexity index is 281. The van der Waals surface area contributed by atoms with Gasteiger partial charge in [-0.25, -0.2) is 0 Å². The molecule has 0 spiro atoms. The molecule has 0 saturated carbocycles. The second kappa shape index (κ2) is 8.08. The van der Waals surface area contributed by atoms with Crippen molar-refractivity contribution in [1.82, 2.24) is 10.2 Å². The highest BCUT2D eigenvalue weighted by atomic mass is 16.4. The van der Waals surface area contributed by atoms with Crippen molar-refractivity contribution < 1.29 is 14.7 Å². The van der Waals surface area contributed by atoms with Crippen molar-refractivity contribution >= 4 is 11.9 Å². The summed E-state index contributed by atoms with van der Waals surface area (Å²) in [7, 11) is 0. The fourth-order valence-electron chi connectivity index (χ4n) is 1.62. The first-order chi connectivity index (χ1) is 8.33. The minimum absolute atomic E-state index is 0.0382. The van der Waals surface area contributed by atoms with Crippen molar-refractivity contribution in [2.75, 3.05) is 13.1 Å². The zero-order valence-corrected chi connectivity index (χ0v) is 12.1. The molecule has 0 bridgehead atoms. The molecule has 2 N–H and O–H groups in total. The Hall–Kier alpha value is -1.10. The number of amides is 1. The highest BCUT2D eigenvalue weighted by Gasteiger charge is 2.24. The molecule has 3 unspecified atom stereocenters. The van der Waals surface area contributed by atoms with Gasteiger partial charge in [-0.3, -0.25) is 14.5 Å². The van der Waals surface area contributed by atoms with Crippen molar-refractivity contribution in [1.29, 1.82) is 0 Å². The molecular formula is C13H26N2O3. The summed E-state index contributed by atoms with van der Waals surface area (Å²) in [6.07, 6.45) is 0.885. The van der Waals surface area contributed by atoms with Crippen molar-refractivity contribution in [3.05, 3.63) is 0 Å². The molecule has 3 atom stereocenters. The fourth-order valence-corrected chi connectivity index (χ4v) is 1.62. The maximum atomic E-state index is 12.0. The highest BCUT2D eigenvalue weighted by molar-refractivity contribution is 5.81. The topological polar surface area (TPSA) is 69.6 Å². The molecule has 106 valence electrons. The van der Waals surface area contributed by atoms with E-state index in [0.29, 0.717) is 13.1 Å². The van der Waals surface area contributed by atoms with Gasteiger partial charge in [-0.1, -0.05) is 20.8 Å². The summed E-state index contributed by atoms with van der Waals surface area (Å²) in [6.45, 7) is 10.4. The van der Waals surface area contributed by atoms with Gasteiger partial charge in [0.2, 0.25) is 5.91 Å². The maximum Gasteiger partial charge on any atom is 0.307 e. The summed E-state index contributed by atoms with van der Waals surface area (Å²) in [6, 6.07) is -0.152. The molecule has 0 heterocycles. The number of hydrogen-bond acceptors (Lipinski definition) is 3. The average molecular weight is 258 g/mol. The number of rotatable bonds is 8. The van der Waals surface area contributed by atoms with Gasteiger partial charge in [0.1, 0.15) is 0 Å². The molecule has 0 aromatic rings. The summed E-state index contributed by atoms with van der Waals surface area (Å²) >= 11 is 0. The lowest BCUT2D eigenvalue weighted by molar-refractivity contribution is -0.142. The van der Waals surface area contributed by atoms with Crippen LogP contribution in [0.4, 0.5) is 0 Å². The number of carboxylic acids is 1. The number of aliphatic carboxylic acids is 1. The fraction of sp³-hybridized carbons (Fsp3) is 0.846. The molecule has 5 heteroatoms. The molecular weight excluding hydrogens is 232 g/mol. The Labute approximate surface area is 110 Å². The lowest BCUT2D eigenvalue weighted by Gasteiger charge is -2.29. The minimum atomic E-state index is -0.831. The Morgan fingerprint density at radius 1 is 1.22 bits per heavy atom. The smallest absolute Gasteiger partial charge is 0.307 e. The molecule has 5 nitrogen and oxygen atoms in total. The monoisotopic (exact) mass is 258 g/mol. The normalized spacial score (nSPS) is 16.1. The lowest BCUT2D eigenvalue weighted by Crippen LogP contribution is -2.49. The maximum absolute atomic E-state index is 12.0. The van der Waals surface area contributed by atoms with Crippen LogP contribution in [0.1, 0.15) is 41.0 Å². The Morgan fingerprint density at radius 2 is 1.78 bits per heavy atom. The van der Waals surface area contributed by atoms with Gasteiger partial charge in [-0.05, 0) is 26.8 Å². The van der Waals surface area contributed by atoms with Crippen molar-refractivity contribution in [2.24, 2.45) is 5.92 Å². The van der Waals surface area contributed by atoms with Crippen LogP contribution in [0.25, 0.3) is 0 Å². The predicted molar refractivity (Wildman–Crippen MR) is 71.4 cm³/mol. The Balaban J connectivity index is 4.46. The number of nitrogens with one attached hydrogen (secondary N) is 1. The van der Waals surface area contributed by atoms with E-state index in [1.165, 1.54) is 0 Å². The van der Waals surface area contributed by atoms with E-state index in [1.807, 2.05) is 32.6 Å². The number of nitrogens with zero attached hydrogens (tertiary/aromatic N) is 1. The van der Waals surface area contributed by atoms with Gasteiger partial charge >= 0.3 is 5.97 Å². The van der Waals surface area contributed by atoms with Gasteiger partial charge < -0.3 is 10.4 Å². The summed E-state index contributed by atoms with van der Waals surface area (Å²) in [4.78, 5) is 24.7. The largest absolute Gasteiger partial charge is 0.481 e. The first-order valence-corrected chi connectivity index (χ1v) is 6.60. The van der Waals surface area contributed by atoms with Crippen LogP contribution < -0.4 is 5.32 Å². The molecule has 0 saturated heterocycles. The van der Waals surface area contributed by atoms with Crippen molar-refractivity contribution in [3.8, 4) is 0 Å². The zero-order valence-electron chi connectivity index (χ0n) is 12.1. The predicted octanol–water partition coefficient (Wildman–Crippen LogP) is 1.33. The second-order valence-electron chi connectivity index (χ2n) is 4.82. The van der Waals surface area contributed by atoms with Gasteiger partial charge in [0.05, 0.1) is 12.0 Å². The number of carbonyl (C=O) groups is 2. The summed E-state index contributed by atoms with van der Waals surface area (Å²) < 4.78 is 0. The molecule has 0 aromatic heterocycles. The first-order valence-electron chi connectivity index (χ1n) is 6.60. The van der Waals surface area contributed by atoms with E-state index in [0.717, 1.165) is 6.42 Å². The molecule has 1 amide bonds. The van der Waals surface area contributed by atoms with Crippen molar-refractivity contribution in [2.45, 2.75) is 53.1 Å². The van der Waals surface area contributed by atoms with Gasteiger partial charge in [0.25, 0.3) is 0 Å². The van der Waals surface area contributed by atoms with E-state index in [-0.39, 0.29) is 18.0 Å². The molecule has 0 aromatic carbocycles. The first kappa shape index (κ1) is 16.9. The van der Waals surface area contributed by atoms with Gasteiger partial charge in [0, 0.05) is 12.6 Å². The summed E-state index contributed by atoms with van der Waals surface area (Å²) in [5.41, 5.74) is 0. The van der Waals surface area contributed by atoms with Crippen LogP contribution in [-0.2, 0) is 9.59 Å². The van der Waals surface area contributed by atoms with Crippen LogP contribution in [0.5, 0.6) is 0 Å². The Morgan fingerprint density at radius 3 is 2.17 bits per heavy atom. The molecule has 0 fully saturated rings. The SMILES string of the molecule is CCC(C)NC(=O)C(C)N(CC)CC(C)C(=O)O. The van der Waals surface area contributed by atoms with E-state index < -0.39 is 11.9 Å². The van der Waals surface area contributed by atoms with Crippen LogP contribution in [-0.4, -0.2) is 47.1 Å². The number of likely N-dealkylation sites (N-methyl/N-ethyl adjacent to an activating group) is 1. The molecule has 18 heavy (non-hydrogen) atoms. The third kappa shape index (κ3) is 5.49. The number of hydrogen-bond donors (Lipinski definition) is 2. The van der Waals surface area contributed by atoms with Crippen LogP contribution in [0.15, 0.2) is 0 Å². The van der Waals surface area contributed by atoms with E-state index in [2.05, 4.69) is 5.32 Å². The third-order valence-electron chi connectivity index (χ3n) is 3.26. The number of carbonyl (C=O) groups excluding carboxylic acids is 1. The zero-order chi connectivity index (χ0) is 14.3. The highest BCUT2D eigenvalue weighted by Crippen LogP contribution is 2.06. The molecule has 0 aliphatic heterocycles. The van der Waals surface area contributed by atoms with Gasteiger partial charge in [-0.15, -0.1) is 0 Å². The van der Waals surface area contributed by atoms with Crippen LogP contribution in [0.3, 0.4) is 0 Å². The quantitative estimate of drug-likeness (QED) is 0.689. The molecule has 0 radical (unpaired) electrons. The Kier molecular flexibility index (Phi) is 7.59. The van der Waals surface area contributed by atoms with Crippen LogP contribution in [0, 0.1) is 5.92 Å². The average Bonchev–Trinajstić information content (AvgIpc) is 2.34. The standard InChI is InChI=1S/C13H26N2O3/c1-6-10(4)14-12(16)11(5)15(7-2)8-9(3)13(17)18/h9-11H,6-8H2,1-5H3,(H,14,16)(H,17,18). The molecule has 0 aliphatic rings. The molecule has 0 rings (SSSR count). The number of carboxylic acid groups (broad SMARTS) is 1. The summed E-state index contributed by atoms with van der Waals surface area (Å²) in [5, 5.41) is 11.8. The van der Waals surface area contributed by atoms with Crippen LogP contribution >= 0.6 is 0 Å². The van der Waals surface area contributed by atoms with E-state index >= 15 is 0 Å².